The van der Waals surface area contributed by atoms with Gasteiger partial charge in [-0.1, -0.05) is 12.1 Å². The lowest BCUT2D eigenvalue weighted by molar-refractivity contribution is 0.0963. The van der Waals surface area contributed by atoms with Gasteiger partial charge in [0.1, 0.15) is 11.6 Å². The number of hydrogen-bond donors (Lipinski definition) is 3. The summed E-state index contributed by atoms with van der Waals surface area (Å²) in [5.74, 6) is 1.01. The Labute approximate surface area is 165 Å². The van der Waals surface area contributed by atoms with Crippen LogP contribution in [0.4, 0.5) is 4.39 Å². The highest BCUT2D eigenvalue weighted by Crippen LogP contribution is 2.11. The van der Waals surface area contributed by atoms with Gasteiger partial charge >= 0.3 is 0 Å². The molecule has 0 unspecified atom stereocenters. The first kappa shape index (κ1) is 21.2. The van der Waals surface area contributed by atoms with Crippen molar-refractivity contribution in [3.8, 4) is 5.75 Å². The highest BCUT2D eigenvalue weighted by atomic mass is 19.1. The van der Waals surface area contributed by atoms with Gasteiger partial charge in [-0.3, -0.25) is 9.79 Å². The highest BCUT2D eigenvalue weighted by molar-refractivity contribution is 5.94. The summed E-state index contributed by atoms with van der Waals surface area (Å²) in [5.41, 5.74) is 1.74. The Morgan fingerprint density at radius 3 is 2.57 bits per heavy atom. The number of halogens is 1. The van der Waals surface area contributed by atoms with Crippen molar-refractivity contribution in [1.82, 2.24) is 16.0 Å². The quantitative estimate of drug-likeness (QED) is 0.351. The maximum Gasteiger partial charge on any atom is 0.251 e. The fraction of sp³-hybridized carbons (Fsp3) is 0.333. The lowest BCUT2D eigenvalue weighted by atomic mass is 10.1. The summed E-state index contributed by atoms with van der Waals surface area (Å²) < 4.78 is 18.4. The number of hydrogen-bond acceptors (Lipinski definition) is 3. The van der Waals surface area contributed by atoms with Gasteiger partial charge in [0.25, 0.3) is 5.91 Å². The number of benzene rings is 2. The van der Waals surface area contributed by atoms with Gasteiger partial charge in [0, 0.05) is 32.7 Å². The van der Waals surface area contributed by atoms with E-state index in [0.29, 0.717) is 37.0 Å². The smallest absolute Gasteiger partial charge is 0.251 e. The van der Waals surface area contributed by atoms with Crippen LogP contribution in [0.15, 0.2) is 53.5 Å². The fourth-order valence-corrected chi connectivity index (χ4v) is 2.56. The monoisotopic (exact) mass is 386 g/mol. The van der Waals surface area contributed by atoms with Gasteiger partial charge in [-0.25, -0.2) is 4.39 Å². The number of nitrogens with zero attached hydrogens (tertiary/aromatic N) is 1. The third-order valence-electron chi connectivity index (χ3n) is 4.04. The molecule has 0 heterocycles. The number of carbonyl (C=O) groups is 1. The second-order valence-corrected chi connectivity index (χ2v) is 6.11. The number of aliphatic imine (C=N–C) groups is 1. The van der Waals surface area contributed by atoms with Crippen LogP contribution >= 0.6 is 0 Å². The van der Waals surface area contributed by atoms with E-state index in [2.05, 4.69) is 20.9 Å². The second kappa shape index (κ2) is 11.6. The molecular formula is C21H27FN4O2. The molecule has 28 heavy (non-hydrogen) atoms. The molecule has 2 aromatic carbocycles. The minimum atomic E-state index is -0.274. The van der Waals surface area contributed by atoms with E-state index in [1.54, 1.807) is 32.3 Å². The Morgan fingerprint density at radius 2 is 1.86 bits per heavy atom. The molecule has 0 saturated heterocycles. The zero-order valence-corrected chi connectivity index (χ0v) is 16.3. The van der Waals surface area contributed by atoms with Crippen LogP contribution in [0.2, 0.25) is 0 Å². The van der Waals surface area contributed by atoms with Crippen LogP contribution in [-0.4, -0.2) is 45.7 Å². The van der Waals surface area contributed by atoms with E-state index >= 15 is 0 Å². The van der Waals surface area contributed by atoms with Crippen molar-refractivity contribution in [1.29, 1.82) is 0 Å². The molecular weight excluding hydrogens is 359 g/mol. The van der Waals surface area contributed by atoms with Crippen molar-refractivity contribution in [2.24, 2.45) is 4.99 Å². The van der Waals surface area contributed by atoms with Crippen molar-refractivity contribution in [2.75, 3.05) is 33.8 Å². The average molecular weight is 386 g/mol. The lowest BCUT2D eigenvalue weighted by Crippen LogP contribution is -2.39. The molecule has 0 spiro atoms. The van der Waals surface area contributed by atoms with Gasteiger partial charge in [0.2, 0.25) is 0 Å². The van der Waals surface area contributed by atoms with E-state index in [1.165, 1.54) is 12.1 Å². The number of carbonyl (C=O) groups excluding carboxylic acids is 1. The van der Waals surface area contributed by atoms with Gasteiger partial charge in [-0.2, -0.15) is 0 Å². The number of amides is 1. The molecule has 0 bridgehead atoms. The fourth-order valence-electron chi connectivity index (χ4n) is 2.56. The third-order valence-corrected chi connectivity index (χ3v) is 4.04. The minimum Gasteiger partial charge on any atom is -0.494 e. The average Bonchev–Trinajstić information content (AvgIpc) is 2.73. The topological polar surface area (TPSA) is 74.8 Å². The molecule has 7 heteroatoms. The first-order valence-electron chi connectivity index (χ1n) is 9.26. The summed E-state index contributed by atoms with van der Waals surface area (Å²) in [4.78, 5) is 15.9. The predicted molar refractivity (Wildman–Crippen MR) is 109 cm³/mol. The second-order valence-electron chi connectivity index (χ2n) is 6.11. The van der Waals surface area contributed by atoms with Crippen LogP contribution in [0, 0.1) is 5.82 Å². The van der Waals surface area contributed by atoms with Crippen molar-refractivity contribution >= 4 is 11.9 Å². The summed E-state index contributed by atoms with van der Waals surface area (Å²) in [6.07, 6.45) is 1.56. The first-order chi connectivity index (χ1) is 13.6. The Balaban J connectivity index is 1.64. The zero-order chi connectivity index (χ0) is 20.2. The van der Waals surface area contributed by atoms with Crippen molar-refractivity contribution < 1.29 is 13.9 Å². The summed E-state index contributed by atoms with van der Waals surface area (Å²) in [6.45, 7) is 1.93. The van der Waals surface area contributed by atoms with E-state index in [-0.39, 0.29) is 11.7 Å². The molecule has 0 aromatic heterocycles. The lowest BCUT2D eigenvalue weighted by Gasteiger charge is -2.12. The molecule has 2 rings (SSSR count). The van der Waals surface area contributed by atoms with Crippen molar-refractivity contribution in [2.45, 2.75) is 12.8 Å². The Bertz CT molecular complexity index is 778. The first-order valence-corrected chi connectivity index (χ1v) is 9.26. The molecule has 0 radical (unpaired) electrons. The van der Waals surface area contributed by atoms with Gasteiger partial charge in [0.15, 0.2) is 5.96 Å². The molecule has 0 aliphatic carbocycles. The van der Waals surface area contributed by atoms with Crippen molar-refractivity contribution in [3.63, 3.8) is 0 Å². The van der Waals surface area contributed by atoms with Crippen LogP contribution in [0.25, 0.3) is 0 Å². The van der Waals surface area contributed by atoms with E-state index in [0.717, 1.165) is 18.4 Å². The van der Waals surface area contributed by atoms with Crippen LogP contribution < -0.4 is 20.7 Å². The van der Waals surface area contributed by atoms with E-state index in [4.69, 9.17) is 4.74 Å². The number of ether oxygens (including phenoxy) is 1. The molecule has 0 aliphatic rings. The Hall–Kier alpha value is -3.09. The van der Waals surface area contributed by atoms with E-state index < -0.39 is 0 Å². The zero-order valence-electron chi connectivity index (χ0n) is 16.3. The number of nitrogens with one attached hydrogen (secondary N) is 3. The molecule has 0 aliphatic heterocycles. The number of rotatable bonds is 9. The van der Waals surface area contributed by atoms with Crippen LogP contribution in [0.3, 0.4) is 0 Å². The summed E-state index contributed by atoms with van der Waals surface area (Å²) >= 11 is 0. The van der Waals surface area contributed by atoms with Gasteiger partial charge in [-0.15, -0.1) is 0 Å². The van der Waals surface area contributed by atoms with Gasteiger partial charge < -0.3 is 20.7 Å². The van der Waals surface area contributed by atoms with Gasteiger partial charge in [0.05, 0.1) is 6.61 Å². The Morgan fingerprint density at radius 1 is 1.11 bits per heavy atom. The Kier molecular flexibility index (Phi) is 8.78. The molecule has 1 amide bonds. The summed E-state index contributed by atoms with van der Waals surface area (Å²) in [7, 11) is 3.34. The molecule has 150 valence electrons. The van der Waals surface area contributed by atoms with E-state index in [1.807, 2.05) is 18.2 Å². The van der Waals surface area contributed by atoms with Crippen molar-refractivity contribution in [3.05, 3.63) is 65.5 Å². The number of guanidine groups is 1. The van der Waals surface area contributed by atoms with Crippen LogP contribution in [0.1, 0.15) is 22.3 Å². The minimum absolute atomic E-state index is 0.0878. The third kappa shape index (κ3) is 7.26. The molecule has 2 aromatic rings. The summed E-state index contributed by atoms with van der Waals surface area (Å²) in [5, 5.41) is 9.10. The maximum atomic E-state index is 12.8. The molecule has 0 saturated carbocycles. The maximum absolute atomic E-state index is 12.8. The van der Waals surface area contributed by atoms with Crippen LogP contribution in [0.5, 0.6) is 5.75 Å². The molecule has 0 atom stereocenters. The molecule has 6 nitrogen and oxygen atoms in total. The van der Waals surface area contributed by atoms with E-state index in [9.17, 15) is 9.18 Å². The largest absolute Gasteiger partial charge is 0.494 e. The summed E-state index contributed by atoms with van der Waals surface area (Å²) in [6, 6.07) is 13.6. The standard InChI is InChI=1S/C21H27FN4O2/c1-23-20(27)17-6-3-5-16(15-17)11-13-26-21(24-2)25-12-4-14-28-19-9-7-18(22)8-10-19/h3,5-10,15H,4,11-14H2,1-2H3,(H,23,27)(H2,24,25,26). The molecule has 0 fully saturated rings. The molecule has 3 N–H and O–H groups in total. The normalized spacial score (nSPS) is 11.0. The van der Waals surface area contributed by atoms with Crippen LogP contribution in [-0.2, 0) is 6.42 Å². The predicted octanol–water partition coefficient (Wildman–Crippen LogP) is 2.36. The SMILES string of the molecule is CN=C(NCCCOc1ccc(F)cc1)NCCc1cccc(C(=O)NC)c1. The highest BCUT2D eigenvalue weighted by Gasteiger charge is 2.04. The van der Waals surface area contributed by atoms with Gasteiger partial charge in [-0.05, 0) is 54.8 Å².